The van der Waals surface area contributed by atoms with Crippen LogP contribution in [0.4, 0.5) is 0 Å². The molecule has 0 aliphatic heterocycles. The van der Waals surface area contributed by atoms with Crippen LogP contribution in [0, 0.1) is 0 Å². The number of aliphatic imine (C=N–C) groups is 1. The molecule has 35 heavy (non-hydrogen) atoms. The van der Waals surface area contributed by atoms with Crippen molar-refractivity contribution in [2.45, 2.75) is 52.5 Å². The highest BCUT2D eigenvalue weighted by molar-refractivity contribution is 9.10. The number of carbonyl (C=O) groups is 1. The Morgan fingerprint density at radius 1 is 1.17 bits per heavy atom. The monoisotopic (exact) mass is 554 g/mol. The van der Waals surface area contributed by atoms with Gasteiger partial charge >= 0.3 is 0 Å². The zero-order valence-corrected chi connectivity index (χ0v) is 23.4. The molecule has 1 amide bonds. The Morgan fingerprint density at radius 2 is 1.86 bits per heavy atom. The molecule has 1 N–H and O–H groups in total. The Kier molecular flexibility index (Phi) is 8.79. The SMILES string of the molecule is CO/C1=C(\N=C(C)c2cc(Br)ccc2Cl)C=CC(NC(=O)c2ccc(C(C)(C)C)cc2)/C=C(/C)C1. The molecule has 4 nitrogen and oxygen atoms in total. The number of nitrogens with zero attached hydrogens (tertiary/aromatic N) is 1. The van der Waals surface area contributed by atoms with E-state index in [1.807, 2.05) is 74.5 Å². The topological polar surface area (TPSA) is 50.7 Å². The number of rotatable bonds is 5. The summed E-state index contributed by atoms with van der Waals surface area (Å²) in [5.41, 5.74) is 5.25. The van der Waals surface area contributed by atoms with E-state index in [9.17, 15) is 4.79 Å². The van der Waals surface area contributed by atoms with E-state index >= 15 is 0 Å². The molecule has 0 aromatic heterocycles. The predicted molar refractivity (Wildman–Crippen MR) is 149 cm³/mol. The third-order valence-corrected chi connectivity index (χ3v) is 6.64. The van der Waals surface area contributed by atoms with Gasteiger partial charge < -0.3 is 10.1 Å². The average molecular weight is 556 g/mol. The van der Waals surface area contributed by atoms with Crippen molar-refractivity contribution in [2.75, 3.05) is 7.11 Å². The van der Waals surface area contributed by atoms with Crippen molar-refractivity contribution in [2.24, 2.45) is 4.99 Å². The van der Waals surface area contributed by atoms with Gasteiger partial charge in [-0.2, -0.15) is 0 Å². The first-order valence-electron chi connectivity index (χ1n) is 11.5. The molecule has 1 atom stereocenters. The van der Waals surface area contributed by atoms with Crippen molar-refractivity contribution in [3.8, 4) is 0 Å². The van der Waals surface area contributed by atoms with Crippen LogP contribution in [0.5, 0.6) is 0 Å². The maximum absolute atomic E-state index is 13.0. The number of hydrogen-bond acceptors (Lipinski definition) is 3. The number of ether oxygens (including phenoxy) is 1. The van der Waals surface area contributed by atoms with Gasteiger partial charge in [0, 0.05) is 32.8 Å². The number of hydrogen-bond donors (Lipinski definition) is 1. The third kappa shape index (κ3) is 7.18. The lowest BCUT2D eigenvalue weighted by atomic mass is 9.86. The summed E-state index contributed by atoms with van der Waals surface area (Å²) < 4.78 is 6.60. The van der Waals surface area contributed by atoms with E-state index in [4.69, 9.17) is 21.3 Å². The molecular weight excluding hydrogens is 524 g/mol. The second kappa shape index (κ2) is 11.4. The number of amides is 1. The number of methoxy groups -OCH3 is 1. The average Bonchev–Trinajstić information content (AvgIpc) is 2.80. The zero-order chi connectivity index (χ0) is 25.8. The summed E-state index contributed by atoms with van der Waals surface area (Å²) in [5.74, 6) is 0.630. The van der Waals surface area contributed by atoms with Gasteiger partial charge in [0.25, 0.3) is 5.91 Å². The summed E-state index contributed by atoms with van der Waals surface area (Å²) in [6.45, 7) is 10.4. The fraction of sp³-hybridized carbons (Fsp3) is 0.310. The second-order valence-electron chi connectivity index (χ2n) is 9.71. The molecule has 6 heteroatoms. The first kappa shape index (κ1) is 27.0. The van der Waals surface area contributed by atoms with E-state index in [0.29, 0.717) is 22.7 Å². The van der Waals surface area contributed by atoms with Crippen LogP contribution in [0.3, 0.4) is 0 Å². The van der Waals surface area contributed by atoms with Crippen molar-refractivity contribution in [3.63, 3.8) is 0 Å². The maximum Gasteiger partial charge on any atom is 0.251 e. The van der Waals surface area contributed by atoms with Gasteiger partial charge in [-0.05, 0) is 61.2 Å². The predicted octanol–water partition coefficient (Wildman–Crippen LogP) is 7.77. The van der Waals surface area contributed by atoms with Gasteiger partial charge in [-0.25, -0.2) is 4.99 Å². The Hall–Kier alpha value is -2.63. The van der Waals surface area contributed by atoms with E-state index < -0.39 is 0 Å². The fourth-order valence-electron chi connectivity index (χ4n) is 3.79. The number of carbonyl (C=O) groups excluding carboxylic acids is 1. The minimum absolute atomic E-state index is 0.0393. The van der Waals surface area contributed by atoms with Crippen molar-refractivity contribution in [1.82, 2.24) is 5.32 Å². The van der Waals surface area contributed by atoms with E-state index in [-0.39, 0.29) is 17.4 Å². The highest BCUT2D eigenvalue weighted by Crippen LogP contribution is 2.26. The summed E-state index contributed by atoms with van der Waals surface area (Å²) in [5, 5.41) is 3.73. The Morgan fingerprint density at radius 3 is 2.49 bits per heavy atom. The molecule has 0 spiro atoms. The molecule has 184 valence electrons. The molecule has 2 aromatic rings. The van der Waals surface area contributed by atoms with E-state index in [1.165, 1.54) is 5.56 Å². The molecule has 0 saturated carbocycles. The van der Waals surface area contributed by atoms with Crippen LogP contribution < -0.4 is 5.32 Å². The van der Waals surface area contributed by atoms with Crippen LogP contribution in [-0.2, 0) is 10.2 Å². The molecule has 0 saturated heterocycles. The lowest BCUT2D eigenvalue weighted by Gasteiger charge is -2.20. The van der Waals surface area contributed by atoms with E-state index in [0.717, 1.165) is 27.1 Å². The minimum Gasteiger partial charge on any atom is -0.499 e. The van der Waals surface area contributed by atoms with Gasteiger partial charge in [-0.1, -0.05) is 78.2 Å². The first-order chi connectivity index (χ1) is 16.5. The van der Waals surface area contributed by atoms with Crippen molar-refractivity contribution < 1.29 is 9.53 Å². The van der Waals surface area contributed by atoms with Crippen molar-refractivity contribution in [1.29, 1.82) is 0 Å². The largest absolute Gasteiger partial charge is 0.499 e. The van der Waals surface area contributed by atoms with Crippen LogP contribution in [0.2, 0.25) is 5.02 Å². The van der Waals surface area contributed by atoms with Crippen molar-refractivity contribution in [3.05, 3.63) is 104 Å². The minimum atomic E-state index is -0.275. The number of benzene rings is 2. The molecular formula is C29H32BrClN2O2. The van der Waals surface area contributed by atoms with Gasteiger partial charge in [0.2, 0.25) is 0 Å². The number of nitrogens with one attached hydrogen (secondary N) is 1. The molecule has 1 aliphatic carbocycles. The summed E-state index contributed by atoms with van der Waals surface area (Å²) in [6.07, 6.45) is 6.45. The van der Waals surface area contributed by atoms with Gasteiger partial charge in [-0.3, -0.25) is 4.79 Å². The van der Waals surface area contributed by atoms with Gasteiger partial charge in [0.15, 0.2) is 0 Å². The Bertz CT molecular complexity index is 1220. The molecule has 0 fully saturated rings. The molecule has 3 rings (SSSR count). The highest BCUT2D eigenvalue weighted by atomic mass is 79.9. The Labute approximate surface area is 222 Å². The first-order valence-corrected chi connectivity index (χ1v) is 12.7. The highest BCUT2D eigenvalue weighted by Gasteiger charge is 2.17. The van der Waals surface area contributed by atoms with Crippen LogP contribution in [0.1, 0.15) is 62.5 Å². The molecule has 1 unspecified atom stereocenters. The lowest BCUT2D eigenvalue weighted by Crippen LogP contribution is -2.32. The molecule has 2 aromatic carbocycles. The number of halogens is 2. The van der Waals surface area contributed by atoms with E-state index in [1.54, 1.807) is 7.11 Å². The van der Waals surface area contributed by atoms with Gasteiger partial charge in [0.1, 0.15) is 11.5 Å². The summed E-state index contributed by atoms with van der Waals surface area (Å²) in [7, 11) is 1.65. The standard InChI is InChI=1S/C29H32BrClN2O2/c1-18-15-23(33-28(34)20-7-9-21(10-8-20)29(3,4)5)12-14-26(27(16-18)35-6)32-19(2)24-17-22(30)11-13-25(24)31/h7-15,17,23H,16H2,1-6H3,(H,33,34)/b14-12?,18-15-,27-26-,32-19?. The van der Waals surface area contributed by atoms with E-state index in [2.05, 4.69) is 42.0 Å². The molecule has 0 radical (unpaired) electrons. The lowest BCUT2D eigenvalue weighted by molar-refractivity contribution is 0.0950. The van der Waals surface area contributed by atoms with Crippen LogP contribution >= 0.6 is 27.5 Å². The summed E-state index contributed by atoms with van der Waals surface area (Å²) in [4.78, 5) is 17.8. The fourth-order valence-corrected chi connectivity index (χ4v) is 4.41. The summed E-state index contributed by atoms with van der Waals surface area (Å²) >= 11 is 9.91. The summed E-state index contributed by atoms with van der Waals surface area (Å²) in [6, 6.07) is 13.2. The molecule has 0 bridgehead atoms. The zero-order valence-electron chi connectivity index (χ0n) is 21.1. The maximum atomic E-state index is 13.0. The quantitative estimate of drug-likeness (QED) is 0.303. The van der Waals surface area contributed by atoms with Gasteiger partial charge in [-0.15, -0.1) is 0 Å². The molecule has 1 aliphatic rings. The number of allylic oxidation sites excluding steroid dienone is 2. The smallest absolute Gasteiger partial charge is 0.251 e. The van der Waals surface area contributed by atoms with Crippen LogP contribution in [0.25, 0.3) is 0 Å². The van der Waals surface area contributed by atoms with Crippen LogP contribution in [-0.4, -0.2) is 24.8 Å². The third-order valence-electron chi connectivity index (χ3n) is 5.81. The Balaban J connectivity index is 1.87. The molecule has 0 heterocycles. The normalized spacial score (nSPS) is 20.5. The second-order valence-corrected chi connectivity index (χ2v) is 11.0. The van der Waals surface area contributed by atoms with Gasteiger partial charge in [0.05, 0.1) is 13.2 Å². The van der Waals surface area contributed by atoms with Crippen LogP contribution in [0.15, 0.2) is 87.2 Å². The van der Waals surface area contributed by atoms with Crippen molar-refractivity contribution >= 4 is 39.1 Å².